The lowest BCUT2D eigenvalue weighted by atomic mass is 9.99. The second-order valence-corrected chi connectivity index (χ2v) is 11.0. The molecule has 0 aromatic heterocycles. The molecule has 3 aromatic rings. The van der Waals surface area contributed by atoms with E-state index in [1.807, 2.05) is 82.4 Å². The van der Waals surface area contributed by atoms with E-state index in [0.717, 1.165) is 16.8 Å². The lowest BCUT2D eigenvalue weighted by Crippen LogP contribution is -2.36. The van der Waals surface area contributed by atoms with Gasteiger partial charge in [0.25, 0.3) is 5.91 Å². The van der Waals surface area contributed by atoms with Gasteiger partial charge in [-0.15, -0.1) is 0 Å². The zero-order valence-corrected chi connectivity index (χ0v) is 24.7. The first-order valence-electron chi connectivity index (χ1n) is 14.0. The SMILES string of the molecule is CCOC(=O)c1ccc2c(c1)NC(=O)C2=C(Nc1ccc(CN(C)CCNC(=O)OC(C)(C)C)cc1)c1ccccc1. The van der Waals surface area contributed by atoms with E-state index >= 15 is 0 Å². The molecule has 0 aliphatic carbocycles. The van der Waals surface area contributed by atoms with E-state index < -0.39 is 17.7 Å². The Labute approximate surface area is 246 Å². The van der Waals surface area contributed by atoms with Crippen LogP contribution >= 0.6 is 0 Å². The summed E-state index contributed by atoms with van der Waals surface area (Å²) < 4.78 is 10.4. The maximum Gasteiger partial charge on any atom is 0.407 e. The molecule has 1 aliphatic heterocycles. The molecule has 0 saturated heterocycles. The van der Waals surface area contributed by atoms with E-state index in [9.17, 15) is 14.4 Å². The van der Waals surface area contributed by atoms with Crippen LogP contribution in [0.25, 0.3) is 11.3 Å². The van der Waals surface area contributed by atoms with Crippen LogP contribution in [0.2, 0.25) is 0 Å². The van der Waals surface area contributed by atoms with Crippen molar-refractivity contribution < 1.29 is 23.9 Å². The second kappa shape index (κ2) is 13.4. The fraction of sp³-hybridized carbons (Fsp3) is 0.303. The molecule has 3 N–H and O–H groups in total. The Kier molecular flexibility index (Phi) is 9.64. The summed E-state index contributed by atoms with van der Waals surface area (Å²) in [5, 5.41) is 9.15. The summed E-state index contributed by atoms with van der Waals surface area (Å²) in [4.78, 5) is 39.5. The van der Waals surface area contributed by atoms with Crippen LogP contribution in [0.5, 0.6) is 0 Å². The molecule has 0 bridgehead atoms. The van der Waals surface area contributed by atoms with Crippen LogP contribution in [-0.4, -0.2) is 55.2 Å². The third-order valence-corrected chi connectivity index (χ3v) is 6.43. The van der Waals surface area contributed by atoms with Crippen molar-refractivity contribution in [2.45, 2.75) is 39.8 Å². The summed E-state index contributed by atoms with van der Waals surface area (Å²) in [6, 6.07) is 22.8. The topological polar surface area (TPSA) is 109 Å². The van der Waals surface area contributed by atoms with Crippen LogP contribution in [0, 0.1) is 0 Å². The minimum atomic E-state index is -0.527. The number of carbonyl (C=O) groups is 3. The maximum absolute atomic E-state index is 13.3. The number of esters is 1. The second-order valence-electron chi connectivity index (χ2n) is 11.0. The Morgan fingerprint density at radius 2 is 1.67 bits per heavy atom. The van der Waals surface area contributed by atoms with Crippen molar-refractivity contribution in [1.29, 1.82) is 0 Å². The van der Waals surface area contributed by atoms with Gasteiger partial charge in [0, 0.05) is 30.9 Å². The highest BCUT2D eigenvalue weighted by molar-refractivity contribution is 6.37. The predicted octanol–water partition coefficient (Wildman–Crippen LogP) is 5.75. The van der Waals surface area contributed by atoms with Crippen LogP contribution in [-0.2, 0) is 20.8 Å². The molecule has 42 heavy (non-hydrogen) atoms. The number of ether oxygens (including phenoxy) is 2. The minimum absolute atomic E-state index is 0.254. The Morgan fingerprint density at radius 3 is 2.33 bits per heavy atom. The van der Waals surface area contributed by atoms with Crippen molar-refractivity contribution in [2.24, 2.45) is 0 Å². The molecule has 1 aliphatic rings. The van der Waals surface area contributed by atoms with Crippen molar-refractivity contribution >= 4 is 40.6 Å². The highest BCUT2D eigenvalue weighted by Crippen LogP contribution is 2.38. The molecule has 2 amide bonds. The first kappa shape index (κ1) is 30.3. The zero-order valence-electron chi connectivity index (χ0n) is 24.7. The van der Waals surface area contributed by atoms with E-state index in [2.05, 4.69) is 20.9 Å². The van der Waals surface area contributed by atoms with Gasteiger partial charge in [0.15, 0.2) is 0 Å². The van der Waals surface area contributed by atoms with E-state index in [4.69, 9.17) is 9.47 Å². The molecule has 1 heterocycles. The lowest BCUT2D eigenvalue weighted by molar-refractivity contribution is -0.110. The molecular weight excluding hydrogens is 532 g/mol. The number of hydrogen-bond acceptors (Lipinski definition) is 7. The Morgan fingerprint density at radius 1 is 0.952 bits per heavy atom. The van der Waals surface area contributed by atoms with Crippen LogP contribution < -0.4 is 16.0 Å². The summed E-state index contributed by atoms with van der Waals surface area (Å²) in [6.45, 7) is 9.36. The zero-order chi connectivity index (χ0) is 30.3. The number of alkyl carbamates (subject to hydrolysis) is 1. The summed E-state index contributed by atoms with van der Waals surface area (Å²) in [6.07, 6.45) is -0.423. The van der Waals surface area contributed by atoms with Gasteiger partial charge in [-0.25, -0.2) is 9.59 Å². The number of nitrogens with zero attached hydrogens (tertiary/aromatic N) is 1. The van der Waals surface area contributed by atoms with Gasteiger partial charge in [-0.3, -0.25) is 4.79 Å². The fourth-order valence-electron chi connectivity index (χ4n) is 4.54. The fourth-order valence-corrected chi connectivity index (χ4v) is 4.54. The first-order valence-corrected chi connectivity index (χ1v) is 14.0. The number of fused-ring (bicyclic) bond motifs is 1. The van der Waals surface area contributed by atoms with E-state index in [1.165, 1.54) is 0 Å². The van der Waals surface area contributed by atoms with Gasteiger partial charge < -0.3 is 30.3 Å². The van der Waals surface area contributed by atoms with Gasteiger partial charge in [-0.1, -0.05) is 48.5 Å². The van der Waals surface area contributed by atoms with Crippen molar-refractivity contribution in [3.8, 4) is 0 Å². The number of carbonyl (C=O) groups excluding carboxylic acids is 3. The number of amides is 2. The summed E-state index contributed by atoms with van der Waals surface area (Å²) >= 11 is 0. The van der Waals surface area contributed by atoms with Gasteiger partial charge in [-0.2, -0.15) is 0 Å². The van der Waals surface area contributed by atoms with Crippen LogP contribution in [0.3, 0.4) is 0 Å². The van der Waals surface area contributed by atoms with Crippen molar-refractivity contribution in [2.75, 3.05) is 37.4 Å². The third kappa shape index (κ3) is 7.98. The van der Waals surface area contributed by atoms with Crippen LogP contribution in [0.1, 0.15) is 54.7 Å². The monoisotopic (exact) mass is 570 g/mol. The highest BCUT2D eigenvalue weighted by Gasteiger charge is 2.29. The number of likely N-dealkylation sites (N-methyl/N-ethyl adjacent to an activating group) is 1. The predicted molar refractivity (Wildman–Crippen MR) is 165 cm³/mol. The average Bonchev–Trinajstić information content (AvgIpc) is 3.27. The minimum Gasteiger partial charge on any atom is -0.462 e. The first-order chi connectivity index (χ1) is 20.0. The molecule has 0 radical (unpaired) electrons. The largest absolute Gasteiger partial charge is 0.462 e. The number of hydrogen-bond donors (Lipinski definition) is 3. The van der Waals surface area contributed by atoms with Crippen molar-refractivity contribution in [1.82, 2.24) is 10.2 Å². The molecule has 0 unspecified atom stereocenters. The number of rotatable bonds is 10. The van der Waals surface area contributed by atoms with Gasteiger partial charge in [0.05, 0.1) is 29.1 Å². The van der Waals surface area contributed by atoms with Crippen LogP contribution in [0.15, 0.2) is 72.8 Å². The molecule has 9 heteroatoms. The number of benzene rings is 3. The van der Waals surface area contributed by atoms with E-state index in [1.54, 1.807) is 25.1 Å². The normalized spacial score (nSPS) is 13.7. The average molecular weight is 571 g/mol. The van der Waals surface area contributed by atoms with Gasteiger partial charge in [0.1, 0.15) is 5.60 Å². The lowest BCUT2D eigenvalue weighted by Gasteiger charge is -2.21. The molecule has 0 saturated carbocycles. The molecule has 220 valence electrons. The van der Waals surface area contributed by atoms with E-state index in [0.29, 0.717) is 47.7 Å². The number of nitrogens with one attached hydrogen (secondary N) is 3. The Bertz CT molecular complexity index is 1460. The maximum atomic E-state index is 13.3. The molecule has 4 rings (SSSR count). The summed E-state index contributed by atoms with van der Waals surface area (Å²) in [5.74, 6) is -0.686. The van der Waals surface area contributed by atoms with Gasteiger partial charge in [0.2, 0.25) is 0 Å². The third-order valence-electron chi connectivity index (χ3n) is 6.43. The standard InChI is InChI=1S/C33H38N4O5/c1-6-41-31(39)24-14-17-26-27(20-24)36-30(38)28(26)29(23-10-8-7-9-11-23)35-25-15-12-22(13-16-25)21-37(5)19-18-34-32(40)42-33(2,3)4/h7-17,20,35H,6,18-19,21H2,1-5H3,(H,34,40)(H,36,38). The molecule has 0 fully saturated rings. The van der Waals surface area contributed by atoms with Gasteiger partial charge >= 0.3 is 12.1 Å². The van der Waals surface area contributed by atoms with Crippen molar-refractivity contribution in [3.05, 3.63) is 95.1 Å². The molecule has 3 aromatic carbocycles. The molecule has 9 nitrogen and oxygen atoms in total. The van der Waals surface area contributed by atoms with Gasteiger partial charge in [-0.05, 0) is 70.1 Å². The number of anilines is 2. The van der Waals surface area contributed by atoms with Crippen LogP contribution in [0.4, 0.5) is 16.2 Å². The molecule has 0 atom stereocenters. The summed E-state index contributed by atoms with van der Waals surface area (Å²) in [5.41, 5.74) is 5.06. The molecular formula is C33H38N4O5. The smallest absolute Gasteiger partial charge is 0.407 e. The highest BCUT2D eigenvalue weighted by atomic mass is 16.6. The summed E-state index contributed by atoms with van der Waals surface area (Å²) in [7, 11) is 1.99. The van der Waals surface area contributed by atoms with Crippen molar-refractivity contribution in [3.63, 3.8) is 0 Å². The van der Waals surface area contributed by atoms with E-state index in [-0.39, 0.29) is 12.5 Å². The molecule has 0 spiro atoms. The Hall–Kier alpha value is -4.63. The Balaban J connectivity index is 1.49. The quantitative estimate of drug-likeness (QED) is 0.210.